The third-order valence-corrected chi connectivity index (χ3v) is 3.19. The third kappa shape index (κ3) is 6.72. The van der Waals surface area contributed by atoms with Gasteiger partial charge in [0.25, 0.3) is 0 Å². The molecule has 0 aromatic carbocycles. The fourth-order valence-corrected chi connectivity index (χ4v) is 2.18. The van der Waals surface area contributed by atoms with Gasteiger partial charge in [0.2, 0.25) is 0 Å². The van der Waals surface area contributed by atoms with E-state index in [2.05, 4.69) is 24.4 Å². The lowest BCUT2D eigenvalue weighted by molar-refractivity contribution is 0.499. The van der Waals surface area contributed by atoms with E-state index in [1.54, 1.807) is 0 Å². The quantitative estimate of drug-likeness (QED) is 0.470. The first kappa shape index (κ1) is 12.8. The van der Waals surface area contributed by atoms with Crippen molar-refractivity contribution in [3.05, 3.63) is 12.2 Å². The summed E-state index contributed by atoms with van der Waals surface area (Å²) >= 11 is 0. The minimum Gasteiger partial charge on any atom is -0.311 e. The molecule has 0 aliphatic heterocycles. The van der Waals surface area contributed by atoms with Crippen LogP contribution in [0.1, 0.15) is 64.7 Å². The van der Waals surface area contributed by atoms with Crippen LogP contribution in [-0.4, -0.2) is 12.6 Å². The Kier molecular flexibility index (Phi) is 7.63. The highest BCUT2D eigenvalue weighted by atomic mass is 14.9. The smallest absolute Gasteiger partial charge is 0.0250 e. The van der Waals surface area contributed by atoms with Crippen molar-refractivity contribution in [3.8, 4) is 0 Å². The minimum atomic E-state index is 0.675. The molecule has 0 bridgehead atoms. The van der Waals surface area contributed by atoms with Crippen LogP contribution in [0.3, 0.4) is 0 Å². The largest absolute Gasteiger partial charge is 0.311 e. The van der Waals surface area contributed by atoms with Gasteiger partial charge in [-0.3, -0.25) is 0 Å². The van der Waals surface area contributed by atoms with Gasteiger partial charge in [-0.05, 0) is 32.2 Å². The van der Waals surface area contributed by atoms with Crippen molar-refractivity contribution < 1.29 is 0 Å². The maximum Gasteiger partial charge on any atom is 0.0250 e. The zero-order chi connectivity index (χ0) is 10.8. The molecule has 0 unspecified atom stereocenters. The van der Waals surface area contributed by atoms with E-state index in [4.69, 9.17) is 0 Å². The summed E-state index contributed by atoms with van der Waals surface area (Å²) in [5.41, 5.74) is 0. The van der Waals surface area contributed by atoms with Crippen molar-refractivity contribution in [3.63, 3.8) is 0 Å². The molecule has 15 heavy (non-hydrogen) atoms. The van der Waals surface area contributed by atoms with Crippen LogP contribution in [0.5, 0.6) is 0 Å². The van der Waals surface area contributed by atoms with Crippen LogP contribution in [0.15, 0.2) is 12.2 Å². The summed E-state index contributed by atoms with van der Waals surface area (Å²) < 4.78 is 0. The van der Waals surface area contributed by atoms with E-state index in [-0.39, 0.29) is 0 Å². The Morgan fingerprint density at radius 2 is 1.93 bits per heavy atom. The Balaban J connectivity index is 1.84. The predicted molar refractivity (Wildman–Crippen MR) is 68.2 cm³/mol. The van der Waals surface area contributed by atoms with E-state index in [9.17, 15) is 0 Å². The first-order valence-electron chi connectivity index (χ1n) is 6.83. The normalized spacial score (nSPS) is 20.7. The van der Waals surface area contributed by atoms with Gasteiger partial charge in [-0.2, -0.15) is 0 Å². The fourth-order valence-electron chi connectivity index (χ4n) is 2.18. The van der Waals surface area contributed by atoms with Gasteiger partial charge in [0.1, 0.15) is 0 Å². The number of nitrogens with one attached hydrogen (secondary N) is 1. The Hall–Kier alpha value is -0.300. The second-order valence-electron chi connectivity index (χ2n) is 4.69. The minimum absolute atomic E-state index is 0.675. The van der Waals surface area contributed by atoms with Crippen LogP contribution in [0.2, 0.25) is 0 Å². The van der Waals surface area contributed by atoms with Crippen LogP contribution in [0.4, 0.5) is 0 Å². The number of hydrogen-bond acceptors (Lipinski definition) is 1. The van der Waals surface area contributed by atoms with Gasteiger partial charge in [0.05, 0.1) is 0 Å². The Labute approximate surface area is 95.3 Å². The first-order valence-corrected chi connectivity index (χ1v) is 6.83. The molecule has 1 atom stereocenters. The van der Waals surface area contributed by atoms with Crippen LogP contribution in [-0.2, 0) is 0 Å². The predicted octanol–water partition coefficient (Wildman–Crippen LogP) is 4.05. The van der Waals surface area contributed by atoms with Gasteiger partial charge in [0.15, 0.2) is 0 Å². The van der Waals surface area contributed by atoms with Crippen molar-refractivity contribution in [1.29, 1.82) is 0 Å². The molecular formula is C14H27N. The molecule has 1 aliphatic carbocycles. The van der Waals surface area contributed by atoms with Crippen LogP contribution < -0.4 is 5.32 Å². The summed E-state index contributed by atoms with van der Waals surface area (Å²) in [6, 6.07) is 0.675. The molecule has 1 nitrogen and oxygen atoms in total. The molecule has 0 fully saturated rings. The molecule has 1 aliphatic rings. The second-order valence-corrected chi connectivity index (χ2v) is 4.69. The van der Waals surface area contributed by atoms with Gasteiger partial charge < -0.3 is 5.32 Å². The molecule has 0 amide bonds. The summed E-state index contributed by atoms with van der Waals surface area (Å²) in [7, 11) is 0. The van der Waals surface area contributed by atoms with E-state index in [1.807, 2.05) is 0 Å². The molecule has 0 saturated carbocycles. The molecule has 1 N–H and O–H groups in total. The molecule has 1 rings (SSSR count). The maximum atomic E-state index is 3.63. The molecule has 0 aromatic rings. The summed E-state index contributed by atoms with van der Waals surface area (Å²) in [5.74, 6) is 0. The Morgan fingerprint density at radius 1 is 1.13 bits per heavy atom. The van der Waals surface area contributed by atoms with Gasteiger partial charge in [-0.25, -0.2) is 0 Å². The molecule has 0 heterocycles. The zero-order valence-corrected chi connectivity index (χ0v) is 10.3. The van der Waals surface area contributed by atoms with Crippen molar-refractivity contribution in [2.45, 2.75) is 70.8 Å². The van der Waals surface area contributed by atoms with Gasteiger partial charge in [0, 0.05) is 6.04 Å². The summed E-state index contributed by atoms with van der Waals surface area (Å²) in [5, 5.41) is 3.63. The van der Waals surface area contributed by atoms with Gasteiger partial charge >= 0.3 is 0 Å². The van der Waals surface area contributed by atoms with Crippen LogP contribution in [0.25, 0.3) is 0 Å². The fraction of sp³-hybridized carbons (Fsp3) is 0.857. The Morgan fingerprint density at radius 3 is 2.67 bits per heavy atom. The maximum absolute atomic E-state index is 3.63. The van der Waals surface area contributed by atoms with Crippen molar-refractivity contribution in [2.75, 3.05) is 6.54 Å². The topological polar surface area (TPSA) is 12.0 Å². The number of rotatable bonds is 8. The summed E-state index contributed by atoms with van der Waals surface area (Å²) in [6.07, 6.45) is 17.0. The number of unbranched alkanes of at least 4 members (excludes halogenated alkanes) is 5. The molecule has 0 aromatic heterocycles. The Bertz CT molecular complexity index is 163. The standard InChI is InChI=1S/C14H27N/c1-2-3-4-5-6-10-13-15-14-11-8-7-9-12-14/h8,11,14-15H,2-7,9-10,12-13H2,1H3/t14-/m0/s1. The molecule has 0 saturated heterocycles. The second kappa shape index (κ2) is 8.96. The highest BCUT2D eigenvalue weighted by molar-refractivity contribution is 4.97. The van der Waals surface area contributed by atoms with E-state index in [1.165, 1.54) is 64.3 Å². The zero-order valence-electron chi connectivity index (χ0n) is 10.3. The van der Waals surface area contributed by atoms with Crippen molar-refractivity contribution >= 4 is 0 Å². The lowest BCUT2D eigenvalue weighted by Gasteiger charge is -2.17. The van der Waals surface area contributed by atoms with E-state index in [0.29, 0.717) is 6.04 Å². The summed E-state index contributed by atoms with van der Waals surface area (Å²) in [6.45, 7) is 3.48. The molecule has 1 heteroatoms. The highest BCUT2D eigenvalue weighted by Gasteiger charge is 2.05. The van der Waals surface area contributed by atoms with Crippen LogP contribution >= 0.6 is 0 Å². The van der Waals surface area contributed by atoms with E-state index in [0.717, 1.165) is 0 Å². The molecule has 0 radical (unpaired) electrons. The monoisotopic (exact) mass is 209 g/mol. The first-order chi connectivity index (χ1) is 7.43. The van der Waals surface area contributed by atoms with E-state index < -0.39 is 0 Å². The van der Waals surface area contributed by atoms with Gasteiger partial charge in [-0.1, -0.05) is 51.2 Å². The third-order valence-electron chi connectivity index (χ3n) is 3.19. The van der Waals surface area contributed by atoms with E-state index >= 15 is 0 Å². The molecule has 88 valence electrons. The van der Waals surface area contributed by atoms with Crippen molar-refractivity contribution in [1.82, 2.24) is 5.32 Å². The SMILES string of the molecule is CCCCCCCCN[C@H]1C=CCCC1. The number of allylic oxidation sites excluding steroid dienone is 1. The number of hydrogen-bond donors (Lipinski definition) is 1. The average molecular weight is 209 g/mol. The average Bonchev–Trinajstić information content (AvgIpc) is 2.29. The molecular weight excluding hydrogens is 182 g/mol. The highest BCUT2D eigenvalue weighted by Crippen LogP contribution is 2.10. The van der Waals surface area contributed by atoms with Crippen LogP contribution in [0, 0.1) is 0 Å². The summed E-state index contributed by atoms with van der Waals surface area (Å²) in [4.78, 5) is 0. The van der Waals surface area contributed by atoms with Crippen molar-refractivity contribution in [2.24, 2.45) is 0 Å². The molecule has 0 spiro atoms. The van der Waals surface area contributed by atoms with Gasteiger partial charge in [-0.15, -0.1) is 0 Å². The lowest BCUT2D eigenvalue weighted by atomic mass is 10.0. The lowest BCUT2D eigenvalue weighted by Crippen LogP contribution is -2.29.